The molecule has 0 amide bonds. The van der Waals surface area contributed by atoms with Gasteiger partial charge in [-0.25, -0.2) is 0 Å². The van der Waals surface area contributed by atoms with Gasteiger partial charge in [-0.15, -0.1) is 22.4 Å². The van der Waals surface area contributed by atoms with Gasteiger partial charge in [0.25, 0.3) is 0 Å². The van der Waals surface area contributed by atoms with Gasteiger partial charge in [0, 0.05) is 34.1 Å². The number of hydrogen-bond donors (Lipinski definition) is 0. The van der Waals surface area contributed by atoms with Crippen molar-refractivity contribution in [3.8, 4) is 34.5 Å². The van der Waals surface area contributed by atoms with Crippen LogP contribution in [-0.4, -0.2) is 32.6 Å². The Morgan fingerprint density at radius 1 is 0.950 bits per heavy atom. The quantitative estimate of drug-likeness (QED) is 0.140. The Balaban J connectivity index is 1.30. The molecule has 40 heavy (non-hydrogen) atoms. The topological polar surface area (TPSA) is 64.8 Å². The highest BCUT2D eigenvalue weighted by molar-refractivity contribution is 7.19. The summed E-state index contributed by atoms with van der Waals surface area (Å²) in [6.45, 7) is 8.36. The zero-order chi connectivity index (χ0) is 27.9. The van der Waals surface area contributed by atoms with E-state index in [1.165, 1.54) is 31.7 Å². The van der Waals surface area contributed by atoms with Crippen LogP contribution in [0.5, 0.6) is 11.5 Å². The number of aryl methyl sites for hydroxylation is 2. The number of hydrogen-bond acceptors (Lipinski definition) is 7. The summed E-state index contributed by atoms with van der Waals surface area (Å²) in [5.74, 6) is 8.10. The van der Waals surface area contributed by atoms with Crippen molar-refractivity contribution >= 4 is 27.1 Å². The highest BCUT2D eigenvalue weighted by atomic mass is 32.1. The Morgan fingerprint density at radius 3 is 2.50 bits per heavy atom. The lowest BCUT2D eigenvalue weighted by molar-refractivity contribution is 0.146. The number of ether oxygens (including phenoxy) is 3. The highest BCUT2D eigenvalue weighted by Crippen LogP contribution is 2.41. The number of thiophene rings is 1. The van der Waals surface area contributed by atoms with Gasteiger partial charge >= 0.3 is 0 Å². The summed E-state index contributed by atoms with van der Waals surface area (Å²) in [4.78, 5) is 1.30. The van der Waals surface area contributed by atoms with Crippen molar-refractivity contribution in [2.45, 2.75) is 39.7 Å². The van der Waals surface area contributed by atoms with Gasteiger partial charge < -0.3 is 14.2 Å². The first-order chi connectivity index (χ1) is 19.6. The molecule has 0 radical (unpaired) electrons. The highest BCUT2D eigenvalue weighted by Gasteiger charge is 2.16. The molecular weight excluding hydrogens is 518 g/mol. The van der Waals surface area contributed by atoms with Gasteiger partial charge in [0.05, 0.1) is 18.2 Å². The number of methoxy groups -OCH3 is 1. The monoisotopic (exact) mass is 551 g/mol. The predicted molar refractivity (Wildman–Crippen MR) is 163 cm³/mol. The summed E-state index contributed by atoms with van der Waals surface area (Å²) in [6, 6.07) is 21.1. The molecule has 5 rings (SSSR count). The Bertz CT molecular complexity index is 1610. The average molecular weight is 552 g/mol. The molecule has 204 valence electrons. The summed E-state index contributed by atoms with van der Waals surface area (Å²) < 4.78 is 18.4. The summed E-state index contributed by atoms with van der Waals surface area (Å²) in [5.41, 5.74) is 6.94. The largest absolute Gasteiger partial charge is 0.491 e. The molecule has 6 nitrogen and oxygen atoms in total. The van der Waals surface area contributed by atoms with Gasteiger partial charge in [-0.1, -0.05) is 30.2 Å². The first kappa shape index (κ1) is 27.6. The number of nitrogens with zero attached hydrogens (tertiary/aromatic N) is 3. The lowest BCUT2D eigenvalue weighted by Gasteiger charge is -2.13. The van der Waals surface area contributed by atoms with Gasteiger partial charge in [0.2, 0.25) is 0 Å². The van der Waals surface area contributed by atoms with Crippen LogP contribution in [0.1, 0.15) is 40.8 Å². The average Bonchev–Trinajstić information content (AvgIpc) is 3.59. The van der Waals surface area contributed by atoms with E-state index in [0.717, 1.165) is 34.8 Å². The minimum absolute atomic E-state index is 0.0680. The molecule has 0 N–H and O–H groups in total. The van der Waals surface area contributed by atoms with E-state index in [-0.39, 0.29) is 5.92 Å². The third-order valence-corrected chi connectivity index (χ3v) is 7.99. The van der Waals surface area contributed by atoms with Crippen molar-refractivity contribution in [2.75, 3.05) is 26.9 Å². The second-order valence-corrected chi connectivity index (χ2v) is 11.0. The maximum atomic E-state index is 6.19. The molecule has 0 unspecified atom stereocenters. The minimum atomic E-state index is 0.0680. The van der Waals surface area contributed by atoms with Gasteiger partial charge in [0.1, 0.15) is 31.3 Å². The van der Waals surface area contributed by atoms with E-state index in [0.29, 0.717) is 26.4 Å². The number of benzene rings is 3. The molecule has 4 aromatic rings. The van der Waals surface area contributed by atoms with Crippen LogP contribution in [0.4, 0.5) is 0 Å². The Morgan fingerprint density at radius 2 is 1.77 bits per heavy atom. The van der Waals surface area contributed by atoms with Crippen molar-refractivity contribution in [3.63, 3.8) is 0 Å². The maximum Gasteiger partial charge on any atom is 0.119 e. The molecule has 0 spiro atoms. The van der Waals surface area contributed by atoms with Gasteiger partial charge in [-0.3, -0.25) is 0 Å². The zero-order valence-electron chi connectivity index (χ0n) is 23.4. The fourth-order valence-electron chi connectivity index (χ4n) is 4.91. The molecule has 1 aliphatic heterocycles. The molecule has 0 fully saturated rings. The van der Waals surface area contributed by atoms with E-state index in [1.807, 2.05) is 36.5 Å². The van der Waals surface area contributed by atoms with Crippen LogP contribution < -0.4 is 9.47 Å². The van der Waals surface area contributed by atoms with Crippen LogP contribution in [0.25, 0.3) is 21.2 Å². The molecular formula is C33H33N3O3S. The summed E-state index contributed by atoms with van der Waals surface area (Å²) >= 11 is 1.83. The van der Waals surface area contributed by atoms with Crippen LogP contribution in [0.15, 0.2) is 76.1 Å². The van der Waals surface area contributed by atoms with Gasteiger partial charge in [-0.2, -0.15) is 5.11 Å². The summed E-state index contributed by atoms with van der Waals surface area (Å²) in [6.07, 6.45) is 0.736. The van der Waals surface area contributed by atoms with Crippen LogP contribution in [0.2, 0.25) is 0 Å². The van der Waals surface area contributed by atoms with E-state index in [2.05, 4.69) is 83.6 Å². The van der Waals surface area contributed by atoms with Crippen molar-refractivity contribution in [3.05, 3.63) is 82.2 Å². The molecule has 2 heterocycles. The number of fused-ring (bicyclic) bond motifs is 1. The van der Waals surface area contributed by atoms with Gasteiger partial charge in [-0.05, 0) is 84.6 Å². The molecule has 0 aliphatic carbocycles. The van der Waals surface area contributed by atoms with Gasteiger partial charge in [0.15, 0.2) is 0 Å². The van der Waals surface area contributed by atoms with E-state index >= 15 is 0 Å². The molecule has 0 bridgehead atoms. The third-order valence-electron chi connectivity index (χ3n) is 6.90. The van der Waals surface area contributed by atoms with Crippen molar-refractivity contribution in [1.82, 2.24) is 0 Å². The fraction of sp³-hybridized carbons (Fsp3) is 0.303. The second kappa shape index (κ2) is 12.9. The van der Waals surface area contributed by atoms with Crippen LogP contribution >= 0.6 is 11.3 Å². The molecule has 0 saturated carbocycles. The normalized spacial score (nSPS) is 13.2. The zero-order valence-corrected chi connectivity index (χ0v) is 24.2. The third kappa shape index (κ3) is 6.41. The van der Waals surface area contributed by atoms with Crippen LogP contribution in [0, 0.1) is 25.7 Å². The first-order valence-corrected chi connectivity index (χ1v) is 14.2. The van der Waals surface area contributed by atoms with E-state index in [4.69, 9.17) is 14.2 Å². The lowest BCUT2D eigenvalue weighted by atomic mass is 9.94. The van der Waals surface area contributed by atoms with Crippen molar-refractivity contribution in [1.29, 1.82) is 0 Å². The lowest BCUT2D eigenvalue weighted by Crippen LogP contribution is -2.07. The molecule has 1 aromatic heterocycles. The van der Waals surface area contributed by atoms with Crippen molar-refractivity contribution < 1.29 is 14.2 Å². The molecule has 0 saturated heterocycles. The smallest absolute Gasteiger partial charge is 0.119 e. The molecule has 1 aliphatic rings. The fourth-order valence-corrected chi connectivity index (χ4v) is 5.97. The molecule has 1 atom stereocenters. The van der Waals surface area contributed by atoms with Crippen LogP contribution in [0.3, 0.4) is 0 Å². The standard InChI is InChI=1S/C33H33N3O3S/c1-5-6-26(19-27-20-34-36-35-27)25-8-10-28(11-9-25)39-21-24-7-14-32-31(18-24)33(23(3)40-32)30-13-12-29(17-22(30)2)38-16-15-37-4/h7-14,17-18,26H,15-16,19-21H2,1-4H3/t26-/m0/s1. The first-order valence-electron chi connectivity index (χ1n) is 13.4. The molecule has 3 aromatic carbocycles. The maximum absolute atomic E-state index is 6.19. The Hall–Kier alpha value is -3.99. The van der Waals surface area contributed by atoms with E-state index in [1.54, 1.807) is 7.11 Å². The number of rotatable bonds is 11. The molecule has 7 heteroatoms. The summed E-state index contributed by atoms with van der Waals surface area (Å²) in [5, 5.41) is 13.0. The Labute approximate surface area is 239 Å². The van der Waals surface area contributed by atoms with E-state index < -0.39 is 0 Å². The minimum Gasteiger partial charge on any atom is -0.491 e. The second-order valence-electron chi connectivity index (χ2n) is 9.75. The predicted octanol–water partition coefficient (Wildman–Crippen LogP) is 8.11. The van der Waals surface area contributed by atoms with E-state index in [9.17, 15) is 0 Å². The van der Waals surface area contributed by atoms with Crippen LogP contribution in [-0.2, 0) is 11.3 Å². The SMILES string of the molecule is CC#C[C@@H](CC1=NN=NC1)c1ccc(OCc2ccc3sc(C)c(-c4ccc(OCCOC)cc4C)c3c2)cc1. The Kier molecular flexibility index (Phi) is 8.90. The summed E-state index contributed by atoms with van der Waals surface area (Å²) in [7, 11) is 1.68. The van der Waals surface area contributed by atoms with Crippen molar-refractivity contribution in [2.24, 2.45) is 15.4 Å².